The van der Waals surface area contributed by atoms with Crippen LogP contribution in [0, 0.1) is 5.92 Å². The van der Waals surface area contributed by atoms with Crippen molar-refractivity contribution in [1.82, 2.24) is 0 Å². The van der Waals surface area contributed by atoms with Crippen molar-refractivity contribution < 1.29 is 0 Å². The summed E-state index contributed by atoms with van der Waals surface area (Å²) in [5, 5.41) is 0. The van der Waals surface area contributed by atoms with Crippen LogP contribution in [0.4, 0.5) is 0 Å². The Morgan fingerprint density at radius 1 is 1.00 bits per heavy atom. The van der Waals surface area contributed by atoms with Gasteiger partial charge in [-0.15, -0.1) is 0 Å². The summed E-state index contributed by atoms with van der Waals surface area (Å²) in [6, 6.07) is 8.89. The van der Waals surface area contributed by atoms with E-state index in [4.69, 9.17) is 11.5 Å². The molecule has 0 aromatic heterocycles. The first-order valence-corrected chi connectivity index (χ1v) is 6.28. The molecule has 0 spiro atoms. The molecule has 0 aliphatic heterocycles. The number of hydrogen-bond acceptors (Lipinski definition) is 2. The number of unbranched alkanes of at least 4 members (excludes halogenated alkanes) is 1. The molecule has 1 aromatic rings. The standard InChI is InChI=1S/C14H24N2/c1-2-3-4-12-5-7-13(8-6-12)9-14(10-15)11-16/h5-8,14H,2-4,9-11,15-16H2,1H3. The second-order valence-electron chi connectivity index (χ2n) is 4.46. The van der Waals surface area contributed by atoms with Gasteiger partial charge in [0.25, 0.3) is 0 Å². The van der Waals surface area contributed by atoms with Gasteiger partial charge in [-0.2, -0.15) is 0 Å². The number of nitrogens with two attached hydrogens (primary N) is 2. The van der Waals surface area contributed by atoms with Gasteiger partial charge in [0.1, 0.15) is 0 Å². The first-order valence-electron chi connectivity index (χ1n) is 6.28. The van der Waals surface area contributed by atoms with E-state index in [1.165, 1.54) is 30.4 Å². The fraction of sp³-hybridized carbons (Fsp3) is 0.571. The number of rotatable bonds is 7. The minimum Gasteiger partial charge on any atom is -0.330 e. The van der Waals surface area contributed by atoms with Crippen LogP contribution in [-0.2, 0) is 12.8 Å². The predicted molar refractivity (Wildman–Crippen MR) is 70.4 cm³/mol. The molecule has 0 aliphatic rings. The maximum Gasteiger partial charge on any atom is -0.00336 e. The van der Waals surface area contributed by atoms with Gasteiger partial charge >= 0.3 is 0 Å². The van der Waals surface area contributed by atoms with Gasteiger partial charge < -0.3 is 11.5 Å². The van der Waals surface area contributed by atoms with Crippen molar-refractivity contribution >= 4 is 0 Å². The van der Waals surface area contributed by atoms with Gasteiger partial charge in [-0.1, -0.05) is 37.6 Å². The lowest BCUT2D eigenvalue weighted by molar-refractivity contribution is 0.548. The summed E-state index contributed by atoms with van der Waals surface area (Å²) in [5.74, 6) is 0.418. The summed E-state index contributed by atoms with van der Waals surface area (Å²) in [5.41, 5.74) is 14.1. The van der Waals surface area contributed by atoms with E-state index in [0.717, 1.165) is 6.42 Å². The van der Waals surface area contributed by atoms with Crippen LogP contribution in [0.25, 0.3) is 0 Å². The van der Waals surface area contributed by atoms with Crippen molar-refractivity contribution in [2.75, 3.05) is 13.1 Å². The Kier molecular flexibility index (Phi) is 6.12. The van der Waals surface area contributed by atoms with Gasteiger partial charge in [0.05, 0.1) is 0 Å². The van der Waals surface area contributed by atoms with Gasteiger partial charge in [0.15, 0.2) is 0 Å². The molecule has 0 heterocycles. The smallest absolute Gasteiger partial charge is 0.00336 e. The molecule has 1 aromatic carbocycles. The Hall–Kier alpha value is -0.860. The largest absolute Gasteiger partial charge is 0.330 e. The van der Waals surface area contributed by atoms with E-state index in [9.17, 15) is 0 Å². The third kappa shape index (κ3) is 4.33. The number of hydrogen-bond donors (Lipinski definition) is 2. The lowest BCUT2D eigenvalue weighted by Crippen LogP contribution is -2.25. The molecule has 90 valence electrons. The Bertz CT molecular complexity index is 275. The van der Waals surface area contributed by atoms with Gasteiger partial charge in [0.2, 0.25) is 0 Å². The molecular formula is C14H24N2. The van der Waals surface area contributed by atoms with Crippen LogP contribution in [0.5, 0.6) is 0 Å². The van der Waals surface area contributed by atoms with Crippen LogP contribution in [0.3, 0.4) is 0 Å². The maximum absolute atomic E-state index is 5.65. The van der Waals surface area contributed by atoms with Gasteiger partial charge in [-0.25, -0.2) is 0 Å². The van der Waals surface area contributed by atoms with Crippen molar-refractivity contribution in [3.63, 3.8) is 0 Å². The molecule has 0 saturated heterocycles. The van der Waals surface area contributed by atoms with Gasteiger partial charge in [0, 0.05) is 0 Å². The third-order valence-electron chi connectivity index (χ3n) is 3.03. The zero-order chi connectivity index (χ0) is 11.8. The molecule has 0 bridgehead atoms. The maximum atomic E-state index is 5.65. The van der Waals surface area contributed by atoms with Gasteiger partial charge in [-0.3, -0.25) is 0 Å². The quantitative estimate of drug-likeness (QED) is 0.739. The molecule has 0 amide bonds. The lowest BCUT2D eigenvalue weighted by atomic mass is 9.98. The molecule has 4 N–H and O–H groups in total. The fourth-order valence-electron chi connectivity index (χ4n) is 1.82. The highest BCUT2D eigenvalue weighted by Gasteiger charge is 2.05. The van der Waals surface area contributed by atoms with E-state index in [2.05, 4.69) is 31.2 Å². The molecule has 1 rings (SSSR count). The molecule has 0 fully saturated rings. The average molecular weight is 220 g/mol. The highest BCUT2D eigenvalue weighted by Crippen LogP contribution is 2.11. The van der Waals surface area contributed by atoms with E-state index in [1.807, 2.05) is 0 Å². The second-order valence-corrected chi connectivity index (χ2v) is 4.46. The van der Waals surface area contributed by atoms with Crippen molar-refractivity contribution in [2.24, 2.45) is 17.4 Å². The van der Waals surface area contributed by atoms with Crippen LogP contribution in [-0.4, -0.2) is 13.1 Å². The monoisotopic (exact) mass is 220 g/mol. The van der Waals surface area contributed by atoms with E-state index >= 15 is 0 Å². The van der Waals surface area contributed by atoms with Crippen LogP contribution >= 0.6 is 0 Å². The highest BCUT2D eigenvalue weighted by atomic mass is 14.6. The van der Waals surface area contributed by atoms with E-state index in [1.54, 1.807) is 0 Å². The average Bonchev–Trinajstić information content (AvgIpc) is 2.35. The minimum atomic E-state index is 0.418. The molecule has 0 aliphatic carbocycles. The summed E-state index contributed by atoms with van der Waals surface area (Å²) >= 11 is 0. The SMILES string of the molecule is CCCCc1ccc(CC(CN)CN)cc1. The lowest BCUT2D eigenvalue weighted by Gasteiger charge is -2.12. The van der Waals surface area contributed by atoms with Crippen molar-refractivity contribution in [3.05, 3.63) is 35.4 Å². The Morgan fingerprint density at radius 3 is 2.06 bits per heavy atom. The normalized spacial score (nSPS) is 11.0. The zero-order valence-electron chi connectivity index (χ0n) is 10.3. The summed E-state index contributed by atoms with van der Waals surface area (Å²) in [4.78, 5) is 0. The summed E-state index contributed by atoms with van der Waals surface area (Å²) < 4.78 is 0. The van der Waals surface area contributed by atoms with E-state index in [-0.39, 0.29) is 0 Å². The van der Waals surface area contributed by atoms with Crippen LogP contribution in [0.15, 0.2) is 24.3 Å². The molecule has 0 saturated carbocycles. The topological polar surface area (TPSA) is 52.0 Å². The summed E-state index contributed by atoms with van der Waals surface area (Å²) in [7, 11) is 0. The molecule has 2 nitrogen and oxygen atoms in total. The Balaban J connectivity index is 2.50. The Labute approximate surface area is 99.0 Å². The van der Waals surface area contributed by atoms with Crippen LogP contribution in [0.1, 0.15) is 30.9 Å². The molecule has 0 atom stereocenters. The van der Waals surface area contributed by atoms with Crippen LogP contribution < -0.4 is 11.5 Å². The number of benzene rings is 1. The highest BCUT2D eigenvalue weighted by molar-refractivity contribution is 5.23. The van der Waals surface area contributed by atoms with Crippen molar-refractivity contribution in [3.8, 4) is 0 Å². The predicted octanol–water partition coefficient (Wildman–Crippen LogP) is 2.11. The van der Waals surface area contributed by atoms with E-state index < -0.39 is 0 Å². The van der Waals surface area contributed by atoms with E-state index in [0.29, 0.717) is 19.0 Å². The molecule has 16 heavy (non-hydrogen) atoms. The zero-order valence-corrected chi connectivity index (χ0v) is 10.3. The minimum absolute atomic E-state index is 0.418. The first kappa shape index (κ1) is 13.2. The second kappa shape index (κ2) is 7.42. The fourth-order valence-corrected chi connectivity index (χ4v) is 1.82. The van der Waals surface area contributed by atoms with Crippen molar-refractivity contribution in [1.29, 1.82) is 0 Å². The molecule has 0 radical (unpaired) electrons. The summed E-state index contributed by atoms with van der Waals surface area (Å²) in [6.45, 7) is 3.57. The Morgan fingerprint density at radius 2 is 1.56 bits per heavy atom. The van der Waals surface area contributed by atoms with Gasteiger partial charge in [-0.05, 0) is 49.4 Å². The van der Waals surface area contributed by atoms with Crippen LogP contribution in [0.2, 0.25) is 0 Å². The first-order chi connectivity index (χ1) is 7.80. The summed E-state index contributed by atoms with van der Waals surface area (Å²) in [6.07, 6.45) is 4.72. The van der Waals surface area contributed by atoms with Crippen molar-refractivity contribution in [2.45, 2.75) is 32.6 Å². The molecule has 2 heteroatoms. The molecule has 0 unspecified atom stereocenters. The third-order valence-corrected chi connectivity index (χ3v) is 3.03. The number of aryl methyl sites for hydroxylation is 1. The molecular weight excluding hydrogens is 196 g/mol.